The number of nitrogens with zero attached hydrogens (tertiary/aromatic N) is 2. The molecule has 180 valence electrons. The minimum absolute atomic E-state index is 0.154. The SMILES string of the molecule is CN(Cc1ccc(OCC2CCCN(C(=O)c3cccs3)C2)cc1)Cc1cccc2ccccc12. The Hall–Kier alpha value is -3.15. The van der Waals surface area contributed by atoms with Gasteiger partial charge >= 0.3 is 0 Å². The van der Waals surface area contributed by atoms with Gasteiger partial charge in [-0.25, -0.2) is 0 Å². The molecule has 1 atom stereocenters. The van der Waals surface area contributed by atoms with Crippen molar-refractivity contribution in [3.8, 4) is 5.75 Å². The molecule has 1 unspecified atom stereocenters. The van der Waals surface area contributed by atoms with Gasteiger partial charge in [0.2, 0.25) is 0 Å². The van der Waals surface area contributed by atoms with Gasteiger partial charge in [0.25, 0.3) is 5.91 Å². The molecule has 4 nitrogen and oxygen atoms in total. The summed E-state index contributed by atoms with van der Waals surface area (Å²) in [6, 6.07) is 27.4. The number of rotatable bonds is 8. The summed E-state index contributed by atoms with van der Waals surface area (Å²) in [5, 5.41) is 4.57. The zero-order valence-electron chi connectivity index (χ0n) is 20.2. The maximum atomic E-state index is 12.7. The lowest BCUT2D eigenvalue weighted by molar-refractivity contribution is 0.0638. The van der Waals surface area contributed by atoms with E-state index in [-0.39, 0.29) is 5.91 Å². The van der Waals surface area contributed by atoms with E-state index in [9.17, 15) is 4.79 Å². The van der Waals surface area contributed by atoms with Gasteiger partial charge in [0, 0.05) is 32.1 Å². The number of fused-ring (bicyclic) bond motifs is 1. The summed E-state index contributed by atoms with van der Waals surface area (Å²) in [5.74, 6) is 1.42. The molecule has 2 heterocycles. The monoisotopic (exact) mass is 484 g/mol. The number of amides is 1. The minimum Gasteiger partial charge on any atom is -0.493 e. The van der Waals surface area contributed by atoms with Crippen molar-refractivity contribution < 1.29 is 9.53 Å². The van der Waals surface area contributed by atoms with E-state index in [1.807, 2.05) is 22.4 Å². The molecule has 4 aromatic rings. The third-order valence-corrected chi connectivity index (χ3v) is 7.58. The van der Waals surface area contributed by atoms with Crippen LogP contribution < -0.4 is 4.74 Å². The first kappa shape index (κ1) is 23.6. The summed E-state index contributed by atoms with van der Waals surface area (Å²) in [7, 11) is 2.17. The van der Waals surface area contributed by atoms with Crippen LogP contribution in [0.2, 0.25) is 0 Å². The van der Waals surface area contributed by atoms with E-state index >= 15 is 0 Å². The molecule has 1 saturated heterocycles. The number of thiophene rings is 1. The lowest BCUT2D eigenvalue weighted by Crippen LogP contribution is -2.41. The number of piperidine rings is 1. The molecular weight excluding hydrogens is 452 g/mol. The van der Waals surface area contributed by atoms with Gasteiger partial charge in [-0.2, -0.15) is 0 Å². The third kappa shape index (κ3) is 5.92. The molecule has 1 aliphatic heterocycles. The number of hydrogen-bond acceptors (Lipinski definition) is 4. The van der Waals surface area contributed by atoms with Crippen LogP contribution >= 0.6 is 11.3 Å². The van der Waals surface area contributed by atoms with Crippen molar-refractivity contribution in [3.63, 3.8) is 0 Å². The first-order chi connectivity index (χ1) is 17.2. The Bertz CT molecular complexity index is 1250. The molecule has 0 saturated carbocycles. The first-order valence-electron chi connectivity index (χ1n) is 12.4. The van der Waals surface area contributed by atoms with Gasteiger partial charge in [-0.3, -0.25) is 9.69 Å². The number of ether oxygens (including phenoxy) is 1. The largest absolute Gasteiger partial charge is 0.493 e. The molecule has 3 aromatic carbocycles. The number of benzene rings is 3. The van der Waals surface area contributed by atoms with Crippen LogP contribution in [0.5, 0.6) is 5.75 Å². The zero-order chi connectivity index (χ0) is 24.0. The Morgan fingerprint density at radius 2 is 1.83 bits per heavy atom. The fourth-order valence-corrected chi connectivity index (χ4v) is 5.63. The molecule has 5 rings (SSSR count). The second kappa shape index (κ2) is 11.1. The van der Waals surface area contributed by atoms with Gasteiger partial charge in [0.15, 0.2) is 0 Å². The normalized spacial score (nSPS) is 16.1. The Labute approximate surface area is 211 Å². The number of carbonyl (C=O) groups excluding carboxylic acids is 1. The third-order valence-electron chi connectivity index (χ3n) is 6.72. The molecule has 0 radical (unpaired) electrons. The highest BCUT2D eigenvalue weighted by molar-refractivity contribution is 7.12. The van der Waals surface area contributed by atoms with Crippen molar-refractivity contribution in [2.24, 2.45) is 5.92 Å². The van der Waals surface area contributed by atoms with Crippen LogP contribution in [0.3, 0.4) is 0 Å². The maximum absolute atomic E-state index is 12.7. The van der Waals surface area contributed by atoms with Gasteiger partial charge < -0.3 is 9.64 Å². The number of hydrogen-bond donors (Lipinski definition) is 0. The lowest BCUT2D eigenvalue weighted by atomic mass is 9.99. The van der Waals surface area contributed by atoms with Gasteiger partial charge in [-0.15, -0.1) is 11.3 Å². The smallest absolute Gasteiger partial charge is 0.263 e. The molecule has 0 N–H and O–H groups in total. The summed E-state index contributed by atoms with van der Waals surface area (Å²) in [6.07, 6.45) is 2.14. The minimum atomic E-state index is 0.154. The Balaban J connectivity index is 1.12. The van der Waals surface area contributed by atoms with Crippen molar-refractivity contribution in [3.05, 3.63) is 100 Å². The number of likely N-dealkylation sites (tertiary alicyclic amines) is 1. The van der Waals surface area contributed by atoms with E-state index in [0.29, 0.717) is 12.5 Å². The number of carbonyl (C=O) groups is 1. The van der Waals surface area contributed by atoms with E-state index in [4.69, 9.17) is 4.74 Å². The van der Waals surface area contributed by atoms with Gasteiger partial charge in [0.1, 0.15) is 5.75 Å². The van der Waals surface area contributed by atoms with E-state index < -0.39 is 0 Å². The molecular formula is C30H32N2O2S. The van der Waals surface area contributed by atoms with Crippen molar-refractivity contribution in [1.29, 1.82) is 0 Å². The molecule has 0 spiro atoms. The summed E-state index contributed by atoms with van der Waals surface area (Å²) >= 11 is 1.52. The molecule has 1 amide bonds. The Kier molecular flexibility index (Phi) is 7.45. The van der Waals surface area contributed by atoms with Crippen LogP contribution in [0.15, 0.2) is 84.2 Å². The van der Waals surface area contributed by atoms with E-state index in [1.165, 1.54) is 33.2 Å². The van der Waals surface area contributed by atoms with Crippen LogP contribution in [-0.4, -0.2) is 42.5 Å². The quantitative estimate of drug-likeness (QED) is 0.288. The molecule has 0 aliphatic carbocycles. The summed E-state index contributed by atoms with van der Waals surface area (Å²) in [6.45, 7) is 4.05. The summed E-state index contributed by atoms with van der Waals surface area (Å²) < 4.78 is 6.12. The highest BCUT2D eigenvalue weighted by Crippen LogP contribution is 2.23. The molecule has 1 aromatic heterocycles. The molecule has 5 heteroatoms. The summed E-state index contributed by atoms with van der Waals surface area (Å²) in [5.41, 5.74) is 2.62. The highest BCUT2D eigenvalue weighted by Gasteiger charge is 2.25. The second-order valence-corrected chi connectivity index (χ2v) is 10.4. The fourth-order valence-electron chi connectivity index (χ4n) is 4.94. The average molecular weight is 485 g/mol. The molecule has 0 bridgehead atoms. The predicted molar refractivity (Wildman–Crippen MR) is 144 cm³/mol. The first-order valence-corrected chi connectivity index (χ1v) is 13.2. The lowest BCUT2D eigenvalue weighted by Gasteiger charge is -2.32. The highest BCUT2D eigenvalue weighted by atomic mass is 32.1. The fraction of sp³-hybridized carbons (Fsp3) is 0.300. The molecule has 1 aliphatic rings. The van der Waals surface area contributed by atoms with Crippen molar-refractivity contribution in [2.45, 2.75) is 25.9 Å². The van der Waals surface area contributed by atoms with E-state index in [0.717, 1.165) is 49.6 Å². The average Bonchev–Trinajstić information content (AvgIpc) is 3.43. The summed E-state index contributed by atoms with van der Waals surface area (Å²) in [4.78, 5) is 17.8. The topological polar surface area (TPSA) is 32.8 Å². The van der Waals surface area contributed by atoms with Crippen LogP contribution in [-0.2, 0) is 13.1 Å². The zero-order valence-corrected chi connectivity index (χ0v) is 21.0. The Morgan fingerprint density at radius 3 is 2.66 bits per heavy atom. The van der Waals surface area contributed by atoms with E-state index in [1.54, 1.807) is 0 Å². The predicted octanol–water partition coefficient (Wildman–Crippen LogP) is 6.46. The molecule has 35 heavy (non-hydrogen) atoms. The van der Waals surface area contributed by atoms with Crippen LogP contribution in [0.4, 0.5) is 0 Å². The van der Waals surface area contributed by atoms with Gasteiger partial charge in [-0.1, -0.05) is 60.7 Å². The van der Waals surface area contributed by atoms with Crippen LogP contribution in [0, 0.1) is 5.92 Å². The van der Waals surface area contributed by atoms with Crippen LogP contribution in [0.1, 0.15) is 33.6 Å². The van der Waals surface area contributed by atoms with Crippen molar-refractivity contribution in [1.82, 2.24) is 9.80 Å². The van der Waals surface area contributed by atoms with Gasteiger partial charge in [-0.05, 0) is 65.4 Å². The second-order valence-electron chi connectivity index (χ2n) is 9.50. The Morgan fingerprint density at radius 1 is 1.00 bits per heavy atom. The van der Waals surface area contributed by atoms with Crippen molar-refractivity contribution in [2.75, 3.05) is 26.7 Å². The van der Waals surface area contributed by atoms with Crippen LogP contribution in [0.25, 0.3) is 10.8 Å². The standard InChI is InChI=1S/C30H32N2O2S/c1-31(21-26-10-4-9-25-8-2-3-11-28(25)26)19-23-13-15-27(16-14-23)34-22-24-7-5-17-32(20-24)30(33)29-12-6-18-35-29/h2-4,6,8-16,18,24H,5,7,17,19-22H2,1H3. The van der Waals surface area contributed by atoms with Gasteiger partial charge in [0.05, 0.1) is 11.5 Å². The molecule has 1 fully saturated rings. The maximum Gasteiger partial charge on any atom is 0.263 e. The van der Waals surface area contributed by atoms with E-state index in [2.05, 4.69) is 78.7 Å². The van der Waals surface area contributed by atoms with Crippen molar-refractivity contribution >= 4 is 28.0 Å².